The molecule has 0 N–H and O–H groups in total. The average Bonchev–Trinajstić information content (AvgIpc) is 2.30. The predicted molar refractivity (Wildman–Crippen MR) is 78.5 cm³/mol. The average molecular weight is 248 g/mol. The fourth-order valence-electron chi connectivity index (χ4n) is 1.21. The minimum absolute atomic E-state index is 0.844. The van der Waals surface area contributed by atoms with Gasteiger partial charge in [0.2, 0.25) is 0 Å². The summed E-state index contributed by atoms with van der Waals surface area (Å²) >= 11 is 2.13. The minimum atomic E-state index is 0.844. The van der Waals surface area contributed by atoms with Gasteiger partial charge in [-0.3, -0.25) is 0 Å². The van der Waals surface area contributed by atoms with Crippen LogP contribution in [-0.2, 0) is 4.74 Å². The van der Waals surface area contributed by atoms with E-state index in [1.807, 2.05) is 13.8 Å². The highest BCUT2D eigenvalue weighted by Gasteiger charge is 1.88. The molecule has 0 radical (unpaired) electrons. The molecule has 0 aromatic rings. The van der Waals surface area contributed by atoms with Crippen molar-refractivity contribution in [1.29, 1.82) is 0 Å². The van der Waals surface area contributed by atoms with Gasteiger partial charge in [0.25, 0.3) is 0 Å². The minimum Gasteiger partial charge on any atom is -0.382 e. The van der Waals surface area contributed by atoms with Gasteiger partial charge in [-0.2, -0.15) is 11.8 Å². The van der Waals surface area contributed by atoms with Gasteiger partial charge >= 0.3 is 0 Å². The molecular formula is C14H32OS. The summed E-state index contributed by atoms with van der Waals surface area (Å²) in [6.07, 6.45) is 8.40. The van der Waals surface area contributed by atoms with E-state index in [1.54, 1.807) is 0 Å². The Morgan fingerprint density at radius 3 is 1.38 bits per heavy atom. The van der Waals surface area contributed by atoms with Crippen LogP contribution in [0.15, 0.2) is 0 Å². The largest absolute Gasteiger partial charge is 0.382 e. The maximum absolute atomic E-state index is 4.83. The fourth-order valence-corrected chi connectivity index (χ4v) is 2.24. The quantitative estimate of drug-likeness (QED) is 0.495. The first-order valence-electron chi connectivity index (χ1n) is 6.98. The predicted octanol–water partition coefficient (Wildman–Crippen LogP) is 5.14. The summed E-state index contributed by atoms with van der Waals surface area (Å²) in [6.45, 7) is 10.2. The molecule has 0 unspecified atom stereocenters. The summed E-state index contributed by atoms with van der Waals surface area (Å²) in [5.74, 6) is 2.77. The Morgan fingerprint density at radius 1 is 0.688 bits per heavy atom. The van der Waals surface area contributed by atoms with Crippen LogP contribution in [0, 0.1) is 0 Å². The number of hydrogen-bond acceptors (Lipinski definition) is 2. The molecule has 0 saturated carbocycles. The summed E-state index contributed by atoms with van der Waals surface area (Å²) in [5, 5.41) is 0. The third-order valence-electron chi connectivity index (χ3n) is 2.19. The van der Waals surface area contributed by atoms with Gasteiger partial charge in [-0.15, -0.1) is 0 Å². The van der Waals surface area contributed by atoms with E-state index in [4.69, 9.17) is 4.74 Å². The monoisotopic (exact) mass is 248 g/mol. The smallest absolute Gasteiger partial charge is 0.0437 e. The molecule has 0 aliphatic carbocycles. The summed E-state index contributed by atoms with van der Waals surface area (Å²) in [6, 6.07) is 0. The van der Waals surface area contributed by atoms with Crippen LogP contribution in [0.1, 0.15) is 66.2 Å². The molecule has 0 bridgehead atoms. The molecule has 0 atom stereocenters. The second-order valence-electron chi connectivity index (χ2n) is 3.81. The summed E-state index contributed by atoms with van der Waals surface area (Å²) in [4.78, 5) is 0. The Hall–Kier alpha value is 0.310. The Balaban J connectivity index is 0. The molecule has 0 saturated heterocycles. The highest BCUT2D eigenvalue weighted by molar-refractivity contribution is 7.99. The van der Waals surface area contributed by atoms with E-state index >= 15 is 0 Å². The highest BCUT2D eigenvalue weighted by atomic mass is 32.2. The second kappa shape index (κ2) is 20.7. The Morgan fingerprint density at radius 2 is 1.12 bits per heavy atom. The van der Waals surface area contributed by atoms with Gasteiger partial charge < -0.3 is 4.74 Å². The molecule has 0 rings (SSSR count). The molecule has 16 heavy (non-hydrogen) atoms. The third-order valence-corrected chi connectivity index (χ3v) is 3.35. The molecule has 0 amide bonds. The maximum Gasteiger partial charge on any atom is 0.0437 e. The first-order valence-corrected chi connectivity index (χ1v) is 8.14. The van der Waals surface area contributed by atoms with Crippen LogP contribution in [0.2, 0.25) is 0 Å². The lowest BCUT2D eigenvalue weighted by Crippen LogP contribution is -1.84. The Labute approximate surface area is 108 Å². The van der Waals surface area contributed by atoms with Gasteiger partial charge in [-0.1, -0.05) is 39.5 Å². The summed E-state index contributed by atoms with van der Waals surface area (Å²) < 4.78 is 4.83. The molecule has 0 aromatic heterocycles. The van der Waals surface area contributed by atoms with Crippen LogP contribution in [0.3, 0.4) is 0 Å². The number of thioether (sulfide) groups is 1. The standard InChI is InChI=1S/C10H22S.C4H10O/c1-3-5-7-9-11-10-8-6-4-2;1-3-5-4-2/h3-10H2,1-2H3;3-4H2,1-2H3. The van der Waals surface area contributed by atoms with Crippen molar-refractivity contribution >= 4 is 11.8 Å². The molecule has 1 nitrogen and oxygen atoms in total. The van der Waals surface area contributed by atoms with Crippen LogP contribution in [0.25, 0.3) is 0 Å². The number of ether oxygens (including phenoxy) is 1. The Bertz CT molecular complexity index is 86.7. The van der Waals surface area contributed by atoms with E-state index in [0.29, 0.717) is 0 Å². The molecule has 0 aliphatic heterocycles. The number of hydrogen-bond donors (Lipinski definition) is 0. The third kappa shape index (κ3) is 23.8. The van der Waals surface area contributed by atoms with E-state index in [0.717, 1.165) is 13.2 Å². The lowest BCUT2D eigenvalue weighted by molar-refractivity contribution is 0.162. The van der Waals surface area contributed by atoms with Crippen molar-refractivity contribution in [2.75, 3.05) is 24.7 Å². The zero-order valence-corrected chi connectivity index (χ0v) is 12.7. The van der Waals surface area contributed by atoms with Crippen LogP contribution >= 0.6 is 11.8 Å². The number of unbranched alkanes of at least 4 members (excludes halogenated alkanes) is 4. The first kappa shape index (κ1) is 18.7. The van der Waals surface area contributed by atoms with E-state index < -0.39 is 0 Å². The van der Waals surface area contributed by atoms with Crippen LogP contribution in [-0.4, -0.2) is 24.7 Å². The van der Waals surface area contributed by atoms with Gasteiger partial charge in [0.05, 0.1) is 0 Å². The van der Waals surface area contributed by atoms with Crippen molar-refractivity contribution in [3.63, 3.8) is 0 Å². The van der Waals surface area contributed by atoms with E-state index in [-0.39, 0.29) is 0 Å². The Kier molecular flexibility index (Phi) is 24.1. The molecule has 0 aromatic carbocycles. The SMILES string of the molecule is CCCCCSCCCCC.CCOCC. The van der Waals surface area contributed by atoms with Crippen molar-refractivity contribution in [1.82, 2.24) is 0 Å². The summed E-state index contributed by atoms with van der Waals surface area (Å²) in [5.41, 5.74) is 0. The van der Waals surface area contributed by atoms with Crippen molar-refractivity contribution in [3.05, 3.63) is 0 Å². The highest BCUT2D eigenvalue weighted by Crippen LogP contribution is 2.09. The zero-order valence-electron chi connectivity index (χ0n) is 11.9. The van der Waals surface area contributed by atoms with Crippen molar-refractivity contribution in [3.8, 4) is 0 Å². The molecule has 100 valence electrons. The maximum atomic E-state index is 4.83. The molecule has 2 heteroatoms. The molecule has 0 spiro atoms. The van der Waals surface area contributed by atoms with Crippen LogP contribution < -0.4 is 0 Å². The second-order valence-corrected chi connectivity index (χ2v) is 5.03. The lowest BCUT2D eigenvalue weighted by Gasteiger charge is -1.99. The van der Waals surface area contributed by atoms with Crippen LogP contribution in [0.4, 0.5) is 0 Å². The van der Waals surface area contributed by atoms with Gasteiger partial charge in [0, 0.05) is 13.2 Å². The number of rotatable bonds is 10. The molecule has 0 heterocycles. The van der Waals surface area contributed by atoms with Crippen molar-refractivity contribution < 1.29 is 4.74 Å². The van der Waals surface area contributed by atoms with Gasteiger partial charge in [-0.05, 0) is 38.2 Å². The van der Waals surface area contributed by atoms with E-state index in [2.05, 4.69) is 25.6 Å². The molecular weight excluding hydrogens is 216 g/mol. The summed E-state index contributed by atoms with van der Waals surface area (Å²) in [7, 11) is 0. The van der Waals surface area contributed by atoms with Gasteiger partial charge in [0.15, 0.2) is 0 Å². The lowest BCUT2D eigenvalue weighted by atomic mass is 10.3. The van der Waals surface area contributed by atoms with E-state index in [1.165, 1.54) is 50.0 Å². The van der Waals surface area contributed by atoms with E-state index in [9.17, 15) is 0 Å². The molecule has 0 fully saturated rings. The van der Waals surface area contributed by atoms with Crippen molar-refractivity contribution in [2.45, 2.75) is 66.2 Å². The molecule has 0 aliphatic rings. The fraction of sp³-hybridized carbons (Fsp3) is 1.00. The zero-order chi connectivity index (χ0) is 12.5. The topological polar surface area (TPSA) is 9.23 Å². The van der Waals surface area contributed by atoms with Crippen molar-refractivity contribution in [2.24, 2.45) is 0 Å². The van der Waals surface area contributed by atoms with Crippen LogP contribution in [0.5, 0.6) is 0 Å². The normalized spacial score (nSPS) is 9.75. The van der Waals surface area contributed by atoms with Gasteiger partial charge in [-0.25, -0.2) is 0 Å². The van der Waals surface area contributed by atoms with Gasteiger partial charge in [0.1, 0.15) is 0 Å². The first-order chi connectivity index (χ1) is 7.83.